The molecule has 0 aromatic heterocycles. The number of amides is 1. The number of rotatable bonds is 6. The minimum Gasteiger partial charge on any atom is -0.449 e. The number of anilines is 2. The summed E-state index contributed by atoms with van der Waals surface area (Å²) >= 11 is 0. The van der Waals surface area contributed by atoms with Crippen LogP contribution in [0.15, 0.2) is 54.6 Å². The molecular weight excluding hydrogens is 371 g/mol. The lowest BCUT2D eigenvalue weighted by atomic mass is 10.1. The molecule has 3 rings (SSSR count). The van der Waals surface area contributed by atoms with E-state index in [9.17, 15) is 14.0 Å². The summed E-state index contributed by atoms with van der Waals surface area (Å²) in [6, 6.07) is 13.4. The number of halogens is 1. The van der Waals surface area contributed by atoms with Gasteiger partial charge in [0.25, 0.3) is 5.91 Å². The molecule has 2 aromatic rings. The Morgan fingerprint density at radius 1 is 1.03 bits per heavy atom. The molecule has 6 heteroatoms. The average molecular weight is 396 g/mol. The van der Waals surface area contributed by atoms with Gasteiger partial charge in [-0.25, -0.2) is 9.18 Å². The second kappa shape index (κ2) is 9.87. The Morgan fingerprint density at radius 2 is 1.69 bits per heavy atom. The van der Waals surface area contributed by atoms with Crippen molar-refractivity contribution < 1.29 is 18.7 Å². The predicted molar refractivity (Wildman–Crippen MR) is 112 cm³/mol. The largest absolute Gasteiger partial charge is 0.449 e. The quantitative estimate of drug-likeness (QED) is 0.581. The number of ether oxygens (including phenoxy) is 1. The summed E-state index contributed by atoms with van der Waals surface area (Å²) in [5.41, 5.74) is 2.46. The van der Waals surface area contributed by atoms with Crippen LogP contribution in [0.1, 0.15) is 31.7 Å². The summed E-state index contributed by atoms with van der Waals surface area (Å²) in [5, 5.41) is 2.76. The van der Waals surface area contributed by atoms with Gasteiger partial charge in [0.15, 0.2) is 6.10 Å². The first kappa shape index (κ1) is 20.6. The van der Waals surface area contributed by atoms with E-state index < -0.39 is 18.0 Å². The summed E-state index contributed by atoms with van der Waals surface area (Å²) in [6.07, 6.45) is 5.46. The molecule has 1 aliphatic rings. The Kier molecular flexibility index (Phi) is 7.00. The van der Waals surface area contributed by atoms with Crippen LogP contribution in [-0.4, -0.2) is 31.1 Å². The Labute approximate surface area is 170 Å². The van der Waals surface area contributed by atoms with Gasteiger partial charge in [-0.3, -0.25) is 4.79 Å². The standard InChI is InChI=1S/C23H25FN2O3/c1-17(29-22(27)14-7-18-5-8-19(24)9-6-18)23(28)25-20-10-12-21(13-11-20)26-15-3-2-4-16-26/h5-14,17H,2-4,15-16H2,1H3,(H,25,28)/b14-7+. The maximum Gasteiger partial charge on any atom is 0.331 e. The number of nitrogens with zero attached hydrogens (tertiary/aromatic N) is 1. The molecular formula is C23H25FN2O3. The number of nitrogens with one attached hydrogen (secondary N) is 1. The van der Waals surface area contributed by atoms with Crippen molar-refractivity contribution in [2.24, 2.45) is 0 Å². The molecule has 1 N–H and O–H groups in total. The number of piperidine rings is 1. The number of esters is 1. The summed E-state index contributed by atoms with van der Waals surface area (Å²) in [7, 11) is 0. The van der Waals surface area contributed by atoms with Gasteiger partial charge in [0, 0.05) is 30.5 Å². The molecule has 1 unspecified atom stereocenters. The highest BCUT2D eigenvalue weighted by molar-refractivity contribution is 5.96. The van der Waals surface area contributed by atoms with Gasteiger partial charge in [0.05, 0.1) is 0 Å². The zero-order valence-corrected chi connectivity index (χ0v) is 16.4. The molecule has 1 aliphatic heterocycles. The fourth-order valence-corrected chi connectivity index (χ4v) is 3.16. The predicted octanol–water partition coefficient (Wildman–Crippen LogP) is 4.40. The number of hydrogen-bond acceptors (Lipinski definition) is 4. The fraction of sp³-hybridized carbons (Fsp3) is 0.304. The van der Waals surface area contributed by atoms with Gasteiger partial charge in [0.2, 0.25) is 0 Å². The van der Waals surface area contributed by atoms with Gasteiger partial charge in [0.1, 0.15) is 5.82 Å². The maximum atomic E-state index is 12.9. The summed E-state index contributed by atoms with van der Waals surface area (Å²) in [5.74, 6) is -1.39. The van der Waals surface area contributed by atoms with Crippen LogP contribution in [0.4, 0.5) is 15.8 Å². The molecule has 29 heavy (non-hydrogen) atoms. The Morgan fingerprint density at radius 3 is 2.34 bits per heavy atom. The van der Waals surface area contributed by atoms with Crippen molar-refractivity contribution in [3.05, 3.63) is 66.0 Å². The van der Waals surface area contributed by atoms with E-state index in [2.05, 4.69) is 10.2 Å². The van der Waals surface area contributed by atoms with Crippen LogP contribution in [0.25, 0.3) is 6.08 Å². The minimum absolute atomic E-state index is 0.348. The second-order valence-electron chi connectivity index (χ2n) is 7.05. The first-order chi connectivity index (χ1) is 14.0. The first-order valence-electron chi connectivity index (χ1n) is 9.81. The lowest BCUT2D eigenvalue weighted by molar-refractivity contribution is -0.148. The lowest BCUT2D eigenvalue weighted by Crippen LogP contribution is -2.30. The van der Waals surface area contributed by atoms with Crippen molar-refractivity contribution in [3.63, 3.8) is 0 Å². The van der Waals surface area contributed by atoms with E-state index >= 15 is 0 Å². The Hall–Kier alpha value is -3.15. The van der Waals surface area contributed by atoms with E-state index in [0.29, 0.717) is 11.3 Å². The lowest BCUT2D eigenvalue weighted by Gasteiger charge is -2.28. The van der Waals surface area contributed by atoms with Crippen LogP contribution in [0.5, 0.6) is 0 Å². The van der Waals surface area contributed by atoms with Crippen LogP contribution >= 0.6 is 0 Å². The second-order valence-corrected chi connectivity index (χ2v) is 7.05. The average Bonchev–Trinajstić information content (AvgIpc) is 2.74. The van der Waals surface area contributed by atoms with Crippen molar-refractivity contribution in [2.45, 2.75) is 32.3 Å². The molecule has 0 radical (unpaired) electrons. The highest BCUT2D eigenvalue weighted by Gasteiger charge is 2.17. The monoisotopic (exact) mass is 396 g/mol. The van der Waals surface area contributed by atoms with Gasteiger partial charge < -0.3 is 15.0 Å². The number of carbonyl (C=O) groups excluding carboxylic acids is 2. The summed E-state index contributed by atoms with van der Waals surface area (Å²) < 4.78 is 18.0. The van der Waals surface area contributed by atoms with Gasteiger partial charge in [-0.05, 0) is 74.2 Å². The number of carbonyl (C=O) groups is 2. The van der Waals surface area contributed by atoms with Gasteiger partial charge in [-0.1, -0.05) is 12.1 Å². The van der Waals surface area contributed by atoms with Crippen molar-refractivity contribution in [3.8, 4) is 0 Å². The van der Waals surface area contributed by atoms with E-state index in [1.807, 2.05) is 24.3 Å². The molecule has 1 heterocycles. The normalized spacial score (nSPS) is 15.2. The molecule has 0 bridgehead atoms. The molecule has 5 nitrogen and oxygen atoms in total. The Bertz CT molecular complexity index is 857. The van der Waals surface area contributed by atoms with E-state index in [0.717, 1.165) is 18.8 Å². The van der Waals surface area contributed by atoms with Crippen molar-refractivity contribution >= 4 is 29.3 Å². The molecule has 1 atom stereocenters. The van der Waals surface area contributed by atoms with Crippen molar-refractivity contribution in [2.75, 3.05) is 23.3 Å². The molecule has 1 saturated heterocycles. The maximum absolute atomic E-state index is 12.9. The number of benzene rings is 2. The zero-order chi connectivity index (χ0) is 20.6. The van der Waals surface area contributed by atoms with Crippen molar-refractivity contribution in [1.29, 1.82) is 0 Å². The molecule has 0 saturated carbocycles. The molecule has 2 aromatic carbocycles. The van der Waals surface area contributed by atoms with Crippen LogP contribution in [0.3, 0.4) is 0 Å². The SMILES string of the molecule is CC(OC(=O)/C=C/c1ccc(F)cc1)C(=O)Nc1ccc(N2CCCCC2)cc1. The highest BCUT2D eigenvalue weighted by Crippen LogP contribution is 2.22. The third-order valence-corrected chi connectivity index (χ3v) is 4.80. The van der Waals surface area contributed by atoms with Crippen LogP contribution in [0.2, 0.25) is 0 Å². The Balaban J connectivity index is 1.49. The van der Waals surface area contributed by atoms with Crippen LogP contribution in [-0.2, 0) is 14.3 Å². The third-order valence-electron chi connectivity index (χ3n) is 4.80. The van der Waals surface area contributed by atoms with E-state index in [1.54, 1.807) is 12.1 Å². The topological polar surface area (TPSA) is 58.6 Å². The van der Waals surface area contributed by atoms with Gasteiger partial charge in [-0.2, -0.15) is 0 Å². The number of hydrogen-bond donors (Lipinski definition) is 1. The smallest absolute Gasteiger partial charge is 0.331 e. The summed E-state index contributed by atoms with van der Waals surface area (Å²) in [4.78, 5) is 26.5. The molecule has 0 aliphatic carbocycles. The third kappa shape index (κ3) is 6.17. The highest BCUT2D eigenvalue weighted by atomic mass is 19.1. The van der Waals surface area contributed by atoms with Crippen LogP contribution in [0, 0.1) is 5.82 Å². The fourth-order valence-electron chi connectivity index (χ4n) is 3.16. The van der Waals surface area contributed by atoms with Gasteiger partial charge >= 0.3 is 5.97 Å². The molecule has 1 fully saturated rings. The molecule has 0 spiro atoms. The summed E-state index contributed by atoms with van der Waals surface area (Å²) in [6.45, 7) is 3.63. The van der Waals surface area contributed by atoms with Crippen LogP contribution < -0.4 is 10.2 Å². The van der Waals surface area contributed by atoms with E-state index in [-0.39, 0.29) is 5.82 Å². The zero-order valence-electron chi connectivity index (χ0n) is 16.4. The molecule has 1 amide bonds. The molecule has 152 valence electrons. The minimum atomic E-state index is -0.942. The van der Waals surface area contributed by atoms with E-state index in [1.165, 1.54) is 50.5 Å². The van der Waals surface area contributed by atoms with E-state index in [4.69, 9.17) is 4.74 Å². The first-order valence-corrected chi connectivity index (χ1v) is 9.81. The van der Waals surface area contributed by atoms with Crippen molar-refractivity contribution in [1.82, 2.24) is 0 Å². The van der Waals surface area contributed by atoms with Gasteiger partial charge in [-0.15, -0.1) is 0 Å².